The Morgan fingerprint density at radius 2 is 1.96 bits per heavy atom. The fourth-order valence-corrected chi connectivity index (χ4v) is 3.54. The number of benzene rings is 1. The molecule has 2 aromatic rings. The quantitative estimate of drug-likeness (QED) is 0.856. The second-order valence-electron chi connectivity index (χ2n) is 6.96. The predicted octanol–water partition coefficient (Wildman–Crippen LogP) is 3.07. The van der Waals surface area contributed by atoms with E-state index in [1.54, 1.807) is 6.20 Å². The van der Waals surface area contributed by atoms with E-state index >= 15 is 0 Å². The zero-order valence-electron chi connectivity index (χ0n) is 15.1. The van der Waals surface area contributed by atoms with Gasteiger partial charge in [-0.15, -0.1) is 0 Å². The van der Waals surface area contributed by atoms with E-state index in [2.05, 4.69) is 11.4 Å². The number of carbonyl (C=O) groups is 2. The summed E-state index contributed by atoms with van der Waals surface area (Å²) in [6.07, 6.45) is 4.92. The van der Waals surface area contributed by atoms with Crippen LogP contribution < -0.4 is 5.32 Å². The Bertz CT molecular complexity index is 872. The van der Waals surface area contributed by atoms with Crippen molar-refractivity contribution < 1.29 is 14.3 Å². The van der Waals surface area contributed by atoms with Crippen LogP contribution >= 0.6 is 0 Å². The van der Waals surface area contributed by atoms with Crippen molar-refractivity contribution >= 4 is 22.8 Å². The Morgan fingerprint density at radius 1 is 1.27 bits per heavy atom. The third-order valence-electron chi connectivity index (χ3n) is 5.05. The van der Waals surface area contributed by atoms with Crippen molar-refractivity contribution in [2.24, 2.45) is 7.05 Å². The standard InChI is InChI=1S/C20H23N3O3/c1-14(18(24)22-20(13-21)10-6-3-7-11-20)26-19(25)16-12-23(2)17-9-5-4-8-15(16)17/h4-5,8-9,12,14H,3,6-7,10-11H2,1-2H3,(H,22,24)/t14-/m1/s1. The number of rotatable bonds is 4. The molecule has 136 valence electrons. The van der Waals surface area contributed by atoms with Gasteiger partial charge in [0.15, 0.2) is 6.10 Å². The molecule has 0 spiro atoms. The molecule has 1 aromatic heterocycles. The lowest BCUT2D eigenvalue weighted by Crippen LogP contribution is -2.52. The fourth-order valence-electron chi connectivity index (χ4n) is 3.54. The molecular weight excluding hydrogens is 330 g/mol. The Balaban J connectivity index is 1.70. The molecule has 6 nitrogen and oxygen atoms in total. The van der Waals surface area contributed by atoms with Gasteiger partial charge in [0.05, 0.1) is 11.6 Å². The summed E-state index contributed by atoms with van der Waals surface area (Å²) in [5, 5.41) is 13.1. The molecular formula is C20H23N3O3. The number of amides is 1. The van der Waals surface area contributed by atoms with Crippen LogP contribution in [0.3, 0.4) is 0 Å². The minimum atomic E-state index is -0.964. The second-order valence-corrected chi connectivity index (χ2v) is 6.96. The first-order chi connectivity index (χ1) is 12.5. The maximum Gasteiger partial charge on any atom is 0.341 e. The summed E-state index contributed by atoms with van der Waals surface area (Å²) >= 11 is 0. The molecule has 0 bridgehead atoms. The third-order valence-corrected chi connectivity index (χ3v) is 5.05. The zero-order valence-corrected chi connectivity index (χ0v) is 15.1. The molecule has 1 aliphatic carbocycles. The van der Waals surface area contributed by atoms with Crippen LogP contribution in [-0.4, -0.2) is 28.1 Å². The van der Waals surface area contributed by atoms with Crippen LogP contribution in [0.2, 0.25) is 0 Å². The average molecular weight is 353 g/mol. The first kappa shape index (κ1) is 18.0. The van der Waals surface area contributed by atoms with Crippen LogP contribution in [0.5, 0.6) is 0 Å². The number of hydrogen-bond acceptors (Lipinski definition) is 4. The maximum atomic E-state index is 12.5. The lowest BCUT2D eigenvalue weighted by molar-refractivity contribution is -0.130. The normalized spacial score (nSPS) is 17.3. The second kappa shape index (κ2) is 7.20. The van der Waals surface area contributed by atoms with Crippen LogP contribution in [0, 0.1) is 11.3 Å². The summed E-state index contributed by atoms with van der Waals surface area (Å²) in [5.41, 5.74) is 0.507. The highest BCUT2D eigenvalue weighted by molar-refractivity contribution is 6.05. The van der Waals surface area contributed by atoms with E-state index in [0.29, 0.717) is 18.4 Å². The number of aryl methyl sites for hydroxylation is 1. The van der Waals surface area contributed by atoms with Gasteiger partial charge in [-0.2, -0.15) is 5.26 Å². The molecule has 1 aliphatic rings. The van der Waals surface area contributed by atoms with Gasteiger partial charge in [0, 0.05) is 24.1 Å². The van der Waals surface area contributed by atoms with E-state index in [-0.39, 0.29) is 0 Å². The van der Waals surface area contributed by atoms with Crippen molar-refractivity contribution in [1.29, 1.82) is 5.26 Å². The molecule has 0 radical (unpaired) electrons. The van der Waals surface area contributed by atoms with Gasteiger partial charge in [0.25, 0.3) is 5.91 Å². The maximum absolute atomic E-state index is 12.5. The topological polar surface area (TPSA) is 84.1 Å². The fraction of sp³-hybridized carbons (Fsp3) is 0.450. The Kier molecular flexibility index (Phi) is 4.99. The molecule has 26 heavy (non-hydrogen) atoms. The molecule has 1 heterocycles. The molecule has 1 saturated carbocycles. The van der Waals surface area contributed by atoms with E-state index in [1.165, 1.54) is 6.92 Å². The number of nitriles is 1. The van der Waals surface area contributed by atoms with Crippen molar-refractivity contribution in [3.63, 3.8) is 0 Å². The van der Waals surface area contributed by atoms with Crippen molar-refractivity contribution in [2.45, 2.75) is 50.7 Å². The molecule has 1 aromatic carbocycles. The molecule has 1 fully saturated rings. The monoisotopic (exact) mass is 353 g/mol. The van der Waals surface area contributed by atoms with Crippen molar-refractivity contribution in [3.05, 3.63) is 36.0 Å². The Morgan fingerprint density at radius 3 is 2.65 bits per heavy atom. The van der Waals surface area contributed by atoms with Crippen molar-refractivity contribution in [2.75, 3.05) is 0 Å². The van der Waals surface area contributed by atoms with Gasteiger partial charge in [-0.05, 0) is 25.8 Å². The third kappa shape index (κ3) is 3.43. The van der Waals surface area contributed by atoms with Gasteiger partial charge in [0.1, 0.15) is 5.54 Å². The lowest BCUT2D eigenvalue weighted by atomic mass is 9.83. The summed E-state index contributed by atoms with van der Waals surface area (Å²) in [5.74, 6) is -0.971. The molecule has 3 rings (SSSR count). The highest BCUT2D eigenvalue weighted by Gasteiger charge is 2.35. The molecule has 0 saturated heterocycles. The summed E-state index contributed by atoms with van der Waals surface area (Å²) < 4.78 is 7.23. The van der Waals surface area contributed by atoms with Crippen LogP contribution in [0.1, 0.15) is 49.4 Å². The highest BCUT2D eigenvalue weighted by Crippen LogP contribution is 2.28. The lowest BCUT2D eigenvalue weighted by Gasteiger charge is -2.32. The van der Waals surface area contributed by atoms with E-state index < -0.39 is 23.5 Å². The number of ether oxygens (including phenoxy) is 1. The van der Waals surface area contributed by atoms with Crippen LogP contribution in [0.15, 0.2) is 30.5 Å². The zero-order chi connectivity index (χ0) is 18.7. The number of aromatic nitrogens is 1. The Labute approximate surface area is 152 Å². The number of hydrogen-bond donors (Lipinski definition) is 1. The minimum Gasteiger partial charge on any atom is -0.449 e. The number of para-hydroxylation sites is 1. The van der Waals surface area contributed by atoms with Crippen LogP contribution in [0.4, 0.5) is 0 Å². The van der Waals surface area contributed by atoms with Crippen LogP contribution in [-0.2, 0) is 16.6 Å². The molecule has 1 atom stereocenters. The largest absolute Gasteiger partial charge is 0.449 e. The van der Waals surface area contributed by atoms with E-state index in [0.717, 1.165) is 30.2 Å². The van der Waals surface area contributed by atoms with Gasteiger partial charge >= 0.3 is 5.97 Å². The van der Waals surface area contributed by atoms with E-state index in [4.69, 9.17) is 4.74 Å². The van der Waals surface area contributed by atoms with Crippen molar-refractivity contribution in [1.82, 2.24) is 9.88 Å². The van der Waals surface area contributed by atoms with Gasteiger partial charge in [-0.25, -0.2) is 4.79 Å². The molecule has 6 heteroatoms. The van der Waals surface area contributed by atoms with Gasteiger partial charge in [0.2, 0.25) is 0 Å². The summed E-state index contributed by atoms with van der Waals surface area (Å²) in [6, 6.07) is 9.77. The summed E-state index contributed by atoms with van der Waals surface area (Å²) in [4.78, 5) is 25.0. The number of nitrogens with zero attached hydrogens (tertiary/aromatic N) is 2. The first-order valence-corrected chi connectivity index (χ1v) is 8.94. The van der Waals surface area contributed by atoms with Gasteiger partial charge in [-0.1, -0.05) is 37.5 Å². The first-order valence-electron chi connectivity index (χ1n) is 8.94. The summed E-state index contributed by atoms with van der Waals surface area (Å²) in [6.45, 7) is 1.53. The number of carbonyl (C=O) groups excluding carboxylic acids is 2. The summed E-state index contributed by atoms with van der Waals surface area (Å²) in [7, 11) is 1.86. The number of nitrogens with one attached hydrogen (secondary N) is 1. The number of fused-ring (bicyclic) bond motifs is 1. The van der Waals surface area contributed by atoms with E-state index in [1.807, 2.05) is 35.9 Å². The molecule has 1 N–H and O–H groups in total. The van der Waals surface area contributed by atoms with Crippen LogP contribution in [0.25, 0.3) is 10.9 Å². The molecule has 0 unspecified atom stereocenters. The average Bonchev–Trinajstić information content (AvgIpc) is 2.99. The SMILES string of the molecule is C[C@@H](OC(=O)c1cn(C)c2ccccc12)C(=O)NC1(C#N)CCCCC1. The van der Waals surface area contributed by atoms with E-state index in [9.17, 15) is 14.9 Å². The Hall–Kier alpha value is -2.81. The van der Waals surface area contributed by atoms with Gasteiger partial charge < -0.3 is 14.6 Å². The molecule has 0 aliphatic heterocycles. The van der Waals surface area contributed by atoms with Gasteiger partial charge in [-0.3, -0.25) is 4.79 Å². The molecule has 1 amide bonds. The minimum absolute atomic E-state index is 0.426. The predicted molar refractivity (Wildman–Crippen MR) is 97.4 cm³/mol. The highest BCUT2D eigenvalue weighted by atomic mass is 16.5. The van der Waals surface area contributed by atoms with Crippen molar-refractivity contribution in [3.8, 4) is 6.07 Å². The number of esters is 1. The smallest absolute Gasteiger partial charge is 0.341 e.